The molecule has 13 heavy (non-hydrogen) atoms. The average Bonchev–Trinajstić information content (AvgIpc) is 2.27. The standard InChI is InChI=1S/C6H6F3NO2S/c1-4-2-3-5(11)10(4)12-13-6(7,8)9/h1-3H2. The van der Waals surface area contributed by atoms with Crippen molar-refractivity contribution < 1.29 is 22.2 Å². The lowest BCUT2D eigenvalue weighted by Crippen LogP contribution is -2.22. The Morgan fingerprint density at radius 2 is 2.08 bits per heavy atom. The lowest BCUT2D eigenvalue weighted by Gasteiger charge is -2.15. The first-order valence-electron chi connectivity index (χ1n) is 3.33. The van der Waals surface area contributed by atoms with Crippen molar-refractivity contribution in [2.24, 2.45) is 0 Å². The van der Waals surface area contributed by atoms with Crippen molar-refractivity contribution in [1.82, 2.24) is 5.06 Å². The summed E-state index contributed by atoms with van der Waals surface area (Å²) in [6.07, 6.45) is 0.495. The highest BCUT2D eigenvalue weighted by Crippen LogP contribution is 2.34. The molecule has 1 aliphatic heterocycles. The number of allylic oxidation sites excluding steroid dienone is 1. The van der Waals surface area contributed by atoms with Crippen LogP contribution in [-0.2, 0) is 9.08 Å². The highest BCUT2D eigenvalue weighted by atomic mass is 32.2. The van der Waals surface area contributed by atoms with Crippen LogP contribution in [0.1, 0.15) is 12.8 Å². The van der Waals surface area contributed by atoms with Crippen molar-refractivity contribution in [3.05, 3.63) is 12.3 Å². The van der Waals surface area contributed by atoms with Gasteiger partial charge in [-0.25, -0.2) is 0 Å². The number of carbonyl (C=O) groups excluding carboxylic acids is 1. The normalized spacial score (nSPS) is 18.5. The highest BCUT2D eigenvalue weighted by Gasteiger charge is 2.35. The Bertz CT molecular complexity index is 225. The van der Waals surface area contributed by atoms with Crippen LogP contribution in [0.4, 0.5) is 13.2 Å². The van der Waals surface area contributed by atoms with Crippen LogP contribution in [0.3, 0.4) is 0 Å². The summed E-state index contributed by atoms with van der Waals surface area (Å²) in [5.74, 6) is -0.498. The highest BCUT2D eigenvalue weighted by molar-refractivity contribution is 7.95. The number of carbonyl (C=O) groups is 1. The van der Waals surface area contributed by atoms with Crippen LogP contribution < -0.4 is 0 Å². The van der Waals surface area contributed by atoms with Crippen LogP contribution in [-0.4, -0.2) is 16.5 Å². The van der Waals surface area contributed by atoms with Crippen LogP contribution in [0.2, 0.25) is 0 Å². The number of alkyl halides is 3. The topological polar surface area (TPSA) is 29.5 Å². The summed E-state index contributed by atoms with van der Waals surface area (Å²) >= 11 is -0.717. The largest absolute Gasteiger partial charge is 0.470 e. The summed E-state index contributed by atoms with van der Waals surface area (Å²) in [5, 5.41) is 0.582. The molecule has 0 aliphatic carbocycles. The molecule has 0 N–H and O–H groups in total. The zero-order valence-corrected chi connectivity index (χ0v) is 7.24. The molecule has 0 atom stereocenters. The summed E-state index contributed by atoms with van der Waals surface area (Å²) in [7, 11) is 0. The molecular formula is C6H6F3NO2S. The molecule has 0 bridgehead atoms. The first-order valence-corrected chi connectivity index (χ1v) is 4.07. The van der Waals surface area contributed by atoms with Gasteiger partial charge in [0.05, 0.1) is 0 Å². The van der Waals surface area contributed by atoms with E-state index >= 15 is 0 Å². The third-order valence-corrected chi connectivity index (χ3v) is 1.76. The van der Waals surface area contributed by atoms with E-state index in [9.17, 15) is 18.0 Å². The van der Waals surface area contributed by atoms with E-state index in [0.29, 0.717) is 11.5 Å². The Kier molecular flexibility index (Phi) is 2.87. The molecule has 7 heteroatoms. The zero-order chi connectivity index (χ0) is 10.1. The second-order valence-electron chi connectivity index (χ2n) is 2.36. The number of hydrogen-bond acceptors (Lipinski definition) is 3. The van der Waals surface area contributed by atoms with E-state index in [2.05, 4.69) is 10.9 Å². The summed E-state index contributed by atoms with van der Waals surface area (Å²) in [4.78, 5) is 10.9. The molecule has 0 radical (unpaired) electrons. The van der Waals surface area contributed by atoms with Crippen LogP contribution >= 0.6 is 12.0 Å². The van der Waals surface area contributed by atoms with E-state index < -0.39 is 23.5 Å². The SMILES string of the molecule is C=C1CCC(=O)N1OSC(F)(F)F. The number of amides is 1. The minimum Gasteiger partial charge on any atom is -0.272 e. The van der Waals surface area contributed by atoms with E-state index in [1.54, 1.807) is 0 Å². The predicted molar refractivity (Wildman–Crippen MR) is 40.0 cm³/mol. The van der Waals surface area contributed by atoms with E-state index in [0.717, 1.165) is 0 Å². The fourth-order valence-electron chi connectivity index (χ4n) is 0.804. The first kappa shape index (κ1) is 10.4. The van der Waals surface area contributed by atoms with Crippen molar-refractivity contribution in [3.63, 3.8) is 0 Å². The summed E-state index contributed by atoms with van der Waals surface area (Å²) in [6.45, 7) is 3.39. The first-order chi connectivity index (χ1) is 5.90. The third-order valence-electron chi connectivity index (χ3n) is 1.35. The average molecular weight is 213 g/mol. The van der Waals surface area contributed by atoms with Crippen molar-refractivity contribution in [2.75, 3.05) is 0 Å². The van der Waals surface area contributed by atoms with Gasteiger partial charge in [-0.05, 0) is 6.42 Å². The number of rotatable bonds is 2. The monoisotopic (exact) mass is 213 g/mol. The second kappa shape index (κ2) is 3.59. The maximum Gasteiger partial charge on any atom is 0.470 e. The second-order valence-corrected chi connectivity index (χ2v) is 3.14. The number of hydrogen-bond donors (Lipinski definition) is 0. The Labute approximate surface area is 76.7 Å². The van der Waals surface area contributed by atoms with Crippen molar-refractivity contribution in [1.29, 1.82) is 0 Å². The Morgan fingerprint density at radius 3 is 2.46 bits per heavy atom. The van der Waals surface area contributed by atoms with Crippen LogP contribution in [0.25, 0.3) is 0 Å². The van der Waals surface area contributed by atoms with Crippen molar-refractivity contribution in [2.45, 2.75) is 18.3 Å². The van der Waals surface area contributed by atoms with E-state index in [1.165, 1.54) is 0 Å². The third kappa shape index (κ3) is 2.92. The molecule has 1 amide bonds. The smallest absolute Gasteiger partial charge is 0.272 e. The lowest BCUT2D eigenvalue weighted by molar-refractivity contribution is -0.145. The van der Waals surface area contributed by atoms with Gasteiger partial charge < -0.3 is 0 Å². The van der Waals surface area contributed by atoms with Crippen LogP contribution in [0, 0.1) is 0 Å². The molecule has 1 fully saturated rings. The van der Waals surface area contributed by atoms with Crippen molar-refractivity contribution in [3.8, 4) is 0 Å². The van der Waals surface area contributed by atoms with E-state index in [4.69, 9.17) is 0 Å². The van der Waals surface area contributed by atoms with Crippen LogP contribution in [0.15, 0.2) is 12.3 Å². The minimum atomic E-state index is -4.51. The van der Waals surface area contributed by atoms with Crippen LogP contribution in [0.5, 0.6) is 0 Å². The Balaban J connectivity index is 2.45. The van der Waals surface area contributed by atoms with Crippen molar-refractivity contribution >= 4 is 17.9 Å². The van der Waals surface area contributed by atoms with Gasteiger partial charge in [0.2, 0.25) is 0 Å². The number of hydroxylamine groups is 2. The van der Waals surface area contributed by atoms with Gasteiger partial charge in [0.1, 0.15) is 12.0 Å². The fraction of sp³-hybridized carbons (Fsp3) is 0.500. The molecule has 0 saturated carbocycles. The summed E-state index contributed by atoms with van der Waals surface area (Å²) < 4.78 is 39.1. The Hall–Kier alpha value is -0.690. The molecule has 1 heterocycles. The molecule has 74 valence electrons. The molecule has 0 aromatic carbocycles. The van der Waals surface area contributed by atoms with Gasteiger partial charge in [-0.1, -0.05) is 6.58 Å². The molecule has 1 rings (SSSR count). The van der Waals surface area contributed by atoms with Gasteiger partial charge >= 0.3 is 5.51 Å². The van der Waals surface area contributed by atoms with E-state index in [1.807, 2.05) is 0 Å². The maximum atomic E-state index is 11.6. The molecular weight excluding hydrogens is 207 g/mol. The molecule has 0 aromatic rings. The zero-order valence-electron chi connectivity index (χ0n) is 6.43. The minimum absolute atomic E-state index is 0.150. The summed E-state index contributed by atoms with van der Waals surface area (Å²) in [6, 6.07) is 0. The van der Waals surface area contributed by atoms with E-state index in [-0.39, 0.29) is 12.1 Å². The number of halogens is 3. The van der Waals surface area contributed by atoms with Gasteiger partial charge in [-0.3, -0.25) is 4.79 Å². The van der Waals surface area contributed by atoms with Gasteiger partial charge in [0, 0.05) is 12.1 Å². The fourth-order valence-corrected chi connectivity index (χ4v) is 1.15. The number of nitrogens with zero attached hydrogens (tertiary/aromatic N) is 1. The van der Waals surface area contributed by atoms with Gasteiger partial charge in [0.25, 0.3) is 5.91 Å². The molecule has 1 saturated heterocycles. The summed E-state index contributed by atoms with van der Waals surface area (Å²) in [5.41, 5.74) is -4.26. The lowest BCUT2D eigenvalue weighted by atomic mass is 10.3. The van der Waals surface area contributed by atoms with Gasteiger partial charge in [-0.15, -0.1) is 0 Å². The van der Waals surface area contributed by atoms with Gasteiger partial charge in [-0.2, -0.15) is 22.5 Å². The molecule has 0 unspecified atom stereocenters. The van der Waals surface area contributed by atoms with Gasteiger partial charge in [0.15, 0.2) is 0 Å². The molecule has 3 nitrogen and oxygen atoms in total. The quantitative estimate of drug-likeness (QED) is 0.659. The molecule has 0 aromatic heterocycles. The molecule has 0 spiro atoms. The maximum absolute atomic E-state index is 11.6. The Morgan fingerprint density at radius 1 is 1.46 bits per heavy atom. The predicted octanol–water partition coefficient (Wildman–Crippen LogP) is 2.22. The molecule has 1 aliphatic rings.